The summed E-state index contributed by atoms with van der Waals surface area (Å²) < 4.78 is 4.92. The lowest BCUT2D eigenvalue weighted by atomic mass is 9.82. The van der Waals surface area contributed by atoms with Crippen molar-refractivity contribution in [2.75, 3.05) is 0 Å². The quantitative estimate of drug-likeness (QED) is 0.194. The number of rotatable bonds is 2. The van der Waals surface area contributed by atoms with Gasteiger partial charge in [-0.25, -0.2) is 0 Å². The summed E-state index contributed by atoms with van der Waals surface area (Å²) in [6.07, 6.45) is 0. The summed E-state index contributed by atoms with van der Waals surface area (Å²) in [5.74, 6) is 0. The van der Waals surface area contributed by atoms with Crippen molar-refractivity contribution in [3.8, 4) is 22.5 Å². The molecule has 0 aliphatic heterocycles. The molecule has 2 nitrogen and oxygen atoms in total. The Morgan fingerprint density at radius 1 is 0.400 bits per heavy atom. The van der Waals surface area contributed by atoms with Crippen LogP contribution in [0.3, 0.4) is 0 Å². The maximum atomic E-state index is 2.47. The third-order valence-electron chi connectivity index (χ3n) is 10.3. The molecule has 9 aromatic rings. The van der Waals surface area contributed by atoms with Crippen molar-refractivity contribution >= 4 is 54.4 Å². The number of fused-ring (bicyclic) bond motifs is 11. The maximum absolute atomic E-state index is 2.47. The van der Waals surface area contributed by atoms with E-state index in [1.54, 1.807) is 0 Å². The van der Waals surface area contributed by atoms with Crippen molar-refractivity contribution in [3.05, 3.63) is 157 Å². The molecule has 0 spiro atoms. The minimum absolute atomic E-state index is 0.0517. The summed E-state index contributed by atoms with van der Waals surface area (Å²) in [7, 11) is 0. The van der Waals surface area contributed by atoms with Gasteiger partial charge in [0.2, 0.25) is 0 Å². The van der Waals surface area contributed by atoms with Crippen molar-refractivity contribution in [1.82, 2.24) is 9.13 Å². The predicted molar refractivity (Wildman–Crippen MR) is 190 cm³/mol. The minimum atomic E-state index is -0.0517. The number of nitrogens with zero attached hydrogens (tertiary/aromatic N) is 2. The highest BCUT2D eigenvalue weighted by Gasteiger charge is 2.35. The third-order valence-corrected chi connectivity index (χ3v) is 10.3. The van der Waals surface area contributed by atoms with Crippen LogP contribution < -0.4 is 0 Å². The van der Waals surface area contributed by atoms with Gasteiger partial charge in [0.25, 0.3) is 0 Å². The van der Waals surface area contributed by atoms with Crippen LogP contribution >= 0.6 is 0 Å². The van der Waals surface area contributed by atoms with E-state index in [0.717, 1.165) is 0 Å². The topological polar surface area (TPSA) is 9.86 Å². The van der Waals surface area contributed by atoms with Crippen molar-refractivity contribution in [2.45, 2.75) is 19.3 Å². The number of hydrogen-bond donors (Lipinski definition) is 0. The van der Waals surface area contributed by atoms with Gasteiger partial charge in [-0.05, 0) is 76.2 Å². The Morgan fingerprint density at radius 3 is 1.89 bits per heavy atom. The fourth-order valence-electron chi connectivity index (χ4n) is 8.20. The van der Waals surface area contributed by atoms with Crippen molar-refractivity contribution < 1.29 is 0 Å². The van der Waals surface area contributed by atoms with Crippen LogP contribution in [0.25, 0.3) is 76.9 Å². The molecule has 2 heteroatoms. The van der Waals surface area contributed by atoms with E-state index in [1.165, 1.54) is 88.0 Å². The van der Waals surface area contributed by atoms with E-state index in [0.29, 0.717) is 0 Å². The summed E-state index contributed by atoms with van der Waals surface area (Å²) >= 11 is 0. The van der Waals surface area contributed by atoms with E-state index in [4.69, 9.17) is 0 Å². The monoisotopic (exact) mass is 574 g/mol. The molecule has 212 valence electrons. The Kier molecular flexibility index (Phi) is 4.82. The van der Waals surface area contributed by atoms with Gasteiger partial charge in [-0.1, -0.05) is 111 Å². The lowest BCUT2D eigenvalue weighted by molar-refractivity contribution is 0.660. The van der Waals surface area contributed by atoms with E-state index in [1.807, 2.05) is 0 Å². The number of hydrogen-bond acceptors (Lipinski definition) is 0. The zero-order valence-electron chi connectivity index (χ0n) is 25.3. The molecule has 0 N–H and O–H groups in total. The molecule has 0 saturated carbocycles. The Hall–Kier alpha value is -5.60. The molecule has 7 aromatic carbocycles. The van der Waals surface area contributed by atoms with Gasteiger partial charge in [0.05, 0.1) is 22.1 Å². The number of para-hydroxylation sites is 3. The average Bonchev–Trinajstić information content (AvgIpc) is 3.67. The van der Waals surface area contributed by atoms with Crippen LogP contribution in [0.4, 0.5) is 0 Å². The summed E-state index contributed by atoms with van der Waals surface area (Å²) in [5, 5.41) is 7.63. The lowest BCUT2D eigenvalue weighted by Crippen LogP contribution is -2.15. The van der Waals surface area contributed by atoms with Gasteiger partial charge in [-0.2, -0.15) is 0 Å². The fraction of sp³-hybridized carbons (Fsp3) is 0.0698. The van der Waals surface area contributed by atoms with Crippen LogP contribution in [0.5, 0.6) is 0 Å². The number of benzene rings is 7. The van der Waals surface area contributed by atoms with E-state index in [-0.39, 0.29) is 5.41 Å². The molecule has 0 unspecified atom stereocenters. The van der Waals surface area contributed by atoms with E-state index < -0.39 is 0 Å². The van der Waals surface area contributed by atoms with E-state index in [9.17, 15) is 0 Å². The zero-order valence-corrected chi connectivity index (χ0v) is 25.3. The highest BCUT2D eigenvalue weighted by Crippen LogP contribution is 2.49. The summed E-state index contributed by atoms with van der Waals surface area (Å²) in [6, 6.07) is 53.9. The first-order valence-electron chi connectivity index (χ1n) is 15.8. The molecule has 10 rings (SSSR count). The molecule has 1 aliphatic carbocycles. The minimum Gasteiger partial charge on any atom is -0.309 e. The van der Waals surface area contributed by atoms with E-state index >= 15 is 0 Å². The Morgan fingerprint density at radius 2 is 1.07 bits per heavy atom. The normalized spacial score (nSPS) is 13.7. The highest BCUT2D eigenvalue weighted by atomic mass is 15.0. The van der Waals surface area contributed by atoms with E-state index in [2.05, 4.69) is 169 Å². The Labute approximate surface area is 261 Å². The van der Waals surface area contributed by atoms with Gasteiger partial charge in [-0.15, -0.1) is 0 Å². The lowest BCUT2D eigenvalue weighted by Gasteiger charge is -2.22. The molecule has 2 heterocycles. The van der Waals surface area contributed by atoms with Crippen LogP contribution in [-0.2, 0) is 5.41 Å². The van der Waals surface area contributed by atoms with Gasteiger partial charge < -0.3 is 9.13 Å². The predicted octanol–water partition coefficient (Wildman–Crippen LogP) is 11.3. The smallest absolute Gasteiger partial charge is 0.0619 e. The highest BCUT2D eigenvalue weighted by molar-refractivity contribution is 6.22. The third kappa shape index (κ3) is 3.24. The molecule has 1 aliphatic rings. The van der Waals surface area contributed by atoms with Crippen LogP contribution in [0, 0.1) is 0 Å². The fourth-order valence-corrected chi connectivity index (χ4v) is 8.20. The second-order valence-electron chi connectivity index (χ2n) is 13.0. The molecule has 45 heavy (non-hydrogen) atoms. The first-order chi connectivity index (χ1) is 22.1. The summed E-state index contributed by atoms with van der Waals surface area (Å²) in [6.45, 7) is 4.72. The summed E-state index contributed by atoms with van der Waals surface area (Å²) in [4.78, 5) is 0. The van der Waals surface area contributed by atoms with Crippen molar-refractivity contribution in [2.24, 2.45) is 0 Å². The molecule has 0 bridgehead atoms. The zero-order chi connectivity index (χ0) is 29.9. The van der Waals surface area contributed by atoms with Gasteiger partial charge in [0.15, 0.2) is 0 Å². The van der Waals surface area contributed by atoms with Gasteiger partial charge in [0, 0.05) is 43.7 Å². The van der Waals surface area contributed by atoms with Crippen molar-refractivity contribution in [1.29, 1.82) is 0 Å². The molecular weight excluding hydrogens is 544 g/mol. The largest absolute Gasteiger partial charge is 0.309 e. The van der Waals surface area contributed by atoms with Gasteiger partial charge in [-0.3, -0.25) is 0 Å². The van der Waals surface area contributed by atoms with Crippen LogP contribution in [0.15, 0.2) is 146 Å². The van der Waals surface area contributed by atoms with Crippen LogP contribution in [-0.4, -0.2) is 9.13 Å². The van der Waals surface area contributed by atoms with Gasteiger partial charge >= 0.3 is 0 Å². The molecule has 0 fully saturated rings. The van der Waals surface area contributed by atoms with Crippen LogP contribution in [0.1, 0.15) is 25.0 Å². The summed E-state index contributed by atoms with van der Waals surface area (Å²) in [5.41, 5.74) is 12.8. The molecule has 2 aromatic heterocycles. The Balaban J connectivity index is 1.30. The first kappa shape index (κ1) is 24.8. The standard InChI is InChI=1S/C43H30N2/c1-43(2)37-17-9-6-14-30(37)31-23-21-29(25-38(31)43)44-39-18-10-8-16-33(39)36-26-35-27(24-41(36)44)20-22-34-32-15-7-11-19-40(32)45(42(34)35)28-12-4-3-5-13-28/h3-26H,1-2H3. The second-order valence-corrected chi connectivity index (χ2v) is 13.0. The van der Waals surface area contributed by atoms with Crippen molar-refractivity contribution in [3.63, 3.8) is 0 Å². The average molecular weight is 575 g/mol. The maximum Gasteiger partial charge on any atom is 0.0619 e. The molecule has 0 atom stereocenters. The van der Waals surface area contributed by atoms with Gasteiger partial charge in [0.1, 0.15) is 0 Å². The molecule has 0 radical (unpaired) electrons. The first-order valence-corrected chi connectivity index (χ1v) is 15.8. The SMILES string of the molecule is CC1(C)c2ccccc2-c2ccc(-n3c4ccccc4c4cc5c(ccc6c7ccccc7n(-c7ccccc7)c56)cc43)cc21. The Bertz CT molecular complexity index is 2670. The second kappa shape index (κ2) is 8.74. The number of aromatic nitrogens is 2. The van der Waals surface area contributed by atoms with Crippen LogP contribution in [0.2, 0.25) is 0 Å². The molecule has 0 saturated heterocycles. The molecular formula is C43H30N2. The molecule has 0 amide bonds.